The Kier molecular flexibility index (Phi) is 6.18. The number of ether oxygens (including phenoxy) is 1. The van der Waals surface area contributed by atoms with Crippen LogP contribution in [0.3, 0.4) is 0 Å². The van der Waals surface area contributed by atoms with E-state index in [0.717, 1.165) is 6.42 Å². The number of anilines is 1. The lowest BCUT2D eigenvalue weighted by Crippen LogP contribution is -2.30. The van der Waals surface area contributed by atoms with Gasteiger partial charge in [-0.3, -0.25) is 9.59 Å². The standard InChI is InChI=1S/C17H24N2O5S/c1-4-19(5-2)25(22,23)14-8-6-13(7-9-14)18-16(20)11-24-17(21)15-10-12(15)3/h6-9,12,15H,4-5,10-11H2,1-3H3,(H,18,20)/t12-,15+/m0/s1. The Morgan fingerprint density at radius 1 is 1.20 bits per heavy atom. The Morgan fingerprint density at radius 2 is 1.76 bits per heavy atom. The minimum Gasteiger partial charge on any atom is -0.455 e. The number of carbonyl (C=O) groups excluding carboxylic acids is 2. The maximum absolute atomic E-state index is 12.4. The first-order valence-electron chi connectivity index (χ1n) is 8.36. The number of rotatable bonds is 8. The number of hydrogen-bond donors (Lipinski definition) is 1. The van der Waals surface area contributed by atoms with Crippen molar-refractivity contribution in [3.8, 4) is 0 Å². The average Bonchev–Trinajstić information content (AvgIpc) is 3.31. The molecule has 0 radical (unpaired) electrons. The van der Waals surface area contributed by atoms with Gasteiger partial charge in [0.25, 0.3) is 5.91 Å². The first kappa shape index (κ1) is 19.4. The molecule has 2 rings (SSSR count). The van der Waals surface area contributed by atoms with Gasteiger partial charge in [0.2, 0.25) is 10.0 Å². The third kappa shape index (κ3) is 4.79. The summed E-state index contributed by atoms with van der Waals surface area (Å²) in [5, 5.41) is 2.58. The van der Waals surface area contributed by atoms with E-state index in [2.05, 4.69) is 5.32 Å². The van der Waals surface area contributed by atoms with E-state index >= 15 is 0 Å². The maximum atomic E-state index is 12.4. The Balaban J connectivity index is 1.91. The van der Waals surface area contributed by atoms with E-state index in [1.807, 2.05) is 6.92 Å². The molecule has 0 aromatic heterocycles. The van der Waals surface area contributed by atoms with Gasteiger partial charge in [0, 0.05) is 18.8 Å². The number of benzene rings is 1. The molecule has 138 valence electrons. The molecular weight excluding hydrogens is 344 g/mol. The van der Waals surface area contributed by atoms with Crippen LogP contribution in [0.5, 0.6) is 0 Å². The van der Waals surface area contributed by atoms with Crippen molar-refractivity contribution in [2.75, 3.05) is 25.0 Å². The van der Waals surface area contributed by atoms with Crippen molar-refractivity contribution in [2.24, 2.45) is 11.8 Å². The number of esters is 1. The van der Waals surface area contributed by atoms with E-state index in [0.29, 0.717) is 24.7 Å². The summed E-state index contributed by atoms with van der Waals surface area (Å²) in [5.41, 5.74) is 0.444. The van der Waals surface area contributed by atoms with Gasteiger partial charge in [-0.05, 0) is 36.6 Å². The fraction of sp³-hybridized carbons (Fsp3) is 0.529. The van der Waals surface area contributed by atoms with Crippen molar-refractivity contribution in [3.05, 3.63) is 24.3 Å². The molecule has 1 aliphatic carbocycles. The van der Waals surface area contributed by atoms with Crippen molar-refractivity contribution in [3.63, 3.8) is 0 Å². The molecule has 0 bridgehead atoms. The number of amides is 1. The van der Waals surface area contributed by atoms with Crippen molar-refractivity contribution < 1.29 is 22.7 Å². The summed E-state index contributed by atoms with van der Waals surface area (Å²) in [6, 6.07) is 5.92. The molecule has 1 fully saturated rings. The summed E-state index contributed by atoms with van der Waals surface area (Å²) in [4.78, 5) is 23.6. The van der Waals surface area contributed by atoms with Crippen LogP contribution in [0.2, 0.25) is 0 Å². The topological polar surface area (TPSA) is 92.8 Å². The molecular formula is C17H24N2O5S. The second-order valence-corrected chi connectivity index (χ2v) is 8.03. The Labute approximate surface area is 148 Å². The van der Waals surface area contributed by atoms with E-state index in [4.69, 9.17) is 4.74 Å². The predicted octanol–water partition coefficient (Wildman–Crippen LogP) is 1.85. The normalized spacial score (nSPS) is 19.5. The van der Waals surface area contributed by atoms with Crippen molar-refractivity contribution >= 4 is 27.6 Å². The van der Waals surface area contributed by atoms with Crippen LogP contribution in [0.4, 0.5) is 5.69 Å². The average molecular weight is 368 g/mol. The molecule has 0 unspecified atom stereocenters. The number of hydrogen-bond acceptors (Lipinski definition) is 5. The lowest BCUT2D eigenvalue weighted by Gasteiger charge is -2.18. The minimum atomic E-state index is -3.52. The Bertz CT molecular complexity index is 726. The summed E-state index contributed by atoms with van der Waals surface area (Å²) in [6.07, 6.45) is 0.808. The third-order valence-electron chi connectivity index (χ3n) is 4.24. The molecule has 2 atom stereocenters. The first-order chi connectivity index (χ1) is 11.8. The smallest absolute Gasteiger partial charge is 0.309 e. The summed E-state index contributed by atoms with van der Waals surface area (Å²) in [5.74, 6) is -0.558. The van der Waals surface area contributed by atoms with Crippen LogP contribution in [0, 0.1) is 11.8 Å². The molecule has 0 aliphatic heterocycles. The molecule has 25 heavy (non-hydrogen) atoms. The number of carbonyl (C=O) groups is 2. The van der Waals surface area contributed by atoms with Crippen LogP contribution in [-0.4, -0.2) is 44.3 Å². The zero-order valence-corrected chi connectivity index (χ0v) is 15.5. The molecule has 0 heterocycles. The van der Waals surface area contributed by atoms with E-state index in [1.54, 1.807) is 13.8 Å². The molecule has 1 aromatic carbocycles. The fourth-order valence-corrected chi connectivity index (χ4v) is 3.97. The SMILES string of the molecule is CCN(CC)S(=O)(=O)c1ccc(NC(=O)COC(=O)[C@@H]2C[C@@H]2C)cc1. The van der Waals surface area contributed by atoms with Gasteiger partial charge < -0.3 is 10.1 Å². The highest BCUT2D eigenvalue weighted by atomic mass is 32.2. The van der Waals surface area contributed by atoms with Crippen LogP contribution in [0.15, 0.2) is 29.2 Å². The van der Waals surface area contributed by atoms with Gasteiger partial charge in [-0.25, -0.2) is 8.42 Å². The van der Waals surface area contributed by atoms with Gasteiger partial charge >= 0.3 is 5.97 Å². The molecule has 1 amide bonds. The molecule has 1 aliphatic rings. The molecule has 1 saturated carbocycles. The second-order valence-electron chi connectivity index (χ2n) is 6.09. The molecule has 0 spiro atoms. The van der Waals surface area contributed by atoms with Crippen molar-refractivity contribution in [1.29, 1.82) is 0 Å². The van der Waals surface area contributed by atoms with Gasteiger partial charge in [0.05, 0.1) is 10.8 Å². The van der Waals surface area contributed by atoms with Crippen LogP contribution < -0.4 is 5.32 Å². The molecule has 0 saturated heterocycles. The summed E-state index contributed by atoms with van der Waals surface area (Å²) in [7, 11) is -3.52. The van der Waals surface area contributed by atoms with Gasteiger partial charge in [-0.1, -0.05) is 20.8 Å². The molecule has 1 N–H and O–H groups in total. The maximum Gasteiger partial charge on any atom is 0.309 e. The van der Waals surface area contributed by atoms with Gasteiger partial charge in [-0.2, -0.15) is 4.31 Å². The van der Waals surface area contributed by atoms with Gasteiger partial charge in [0.1, 0.15) is 0 Å². The van der Waals surface area contributed by atoms with Crippen molar-refractivity contribution in [1.82, 2.24) is 4.31 Å². The number of nitrogens with zero attached hydrogens (tertiary/aromatic N) is 1. The van der Waals surface area contributed by atoms with E-state index < -0.39 is 15.9 Å². The molecule has 7 nitrogen and oxygen atoms in total. The third-order valence-corrected chi connectivity index (χ3v) is 6.30. The van der Waals surface area contributed by atoms with Gasteiger partial charge in [0.15, 0.2) is 6.61 Å². The zero-order valence-electron chi connectivity index (χ0n) is 14.7. The summed E-state index contributed by atoms with van der Waals surface area (Å²) < 4.78 is 31.1. The molecule has 1 aromatic rings. The first-order valence-corrected chi connectivity index (χ1v) is 9.80. The van der Waals surface area contributed by atoms with Crippen LogP contribution >= 0.6 is 0 Å². The van der Waals surface area contributed by atoms with E-state index in [-0.39, 0.29) is 23.4 Å². The summed E-state index contributed by atoms with van der Waals surface area (Å²) >= 11 is 0. The Hall–Kier alpha value is -1.93. The summed E-state index contributed by atoms with van der Waals surface area (Å²) in [6.45, 7) is 5.95. The zero-order chi connectivity index (χ0) is 18.6. The van der Waals surface area contributed by atoms with Crippen LogP contribution in [0.1, 0.15) is 27.2 Å². The largest absolute Gasteiger partial charge is 0.455 e. The minimum absolute atomic E-state index is 0.0858. The quantitative estimate of drug-likeness (QED) is 0.707. The number of nitrogens with one attached hydrogen (secondary N) is 1. The van der Waals surface area contributed by atoms with E-state index in [9.17, 15) is 18.0 Å². The highest BCUT2D eigenvalue weighted by Gasteiger charge is 2.40. The monoisotopic (exact) mass is 368 g/mol. The highest BCUT2D eigenvalue weighted by Crippen LogP contribution is 2.38. The van der Waals surface area contributed by atoms with Crippen LogP contribution in [0.25, 0.3) is 0 Å². The number of sulfonamides is 1. The highest BCUT2D eigenvalue weighted by molar-refractivity contribution is 7.89. The molecule has 8 heteroatoms. The lowest BCUT2D eigenvalue weighted by molar-refractivity contribution is -0.148. The predicted molar refractivity (Wildman–Crippen MR) is 93.4 cm³/mol. The second kappa shape index (κ2) is 7.97. The lowest BCUT2D eigenvalue weighted by atomic mass is 10.3. The Morgan fingerprint density at radius 3 is 2.24 bits per heavy atom. The van der Waals surface area contributed by atoms with E-state index in [1.165, 1.54) is 28.6 Å². The fourth-order valence-electron chi connectivity index (χ4n) is 2.51. The van der Waals surface area contributed by atoms with Gasteiger partial charge in [-0.15, -0.1) is 0 Å². The van der Waals surface area contributed by atoms with Crippen LogP contribution in [-0.2, 0) is 24.3 Å². The van der Waals surface area contributed by atoms with Crippen molar-refractivity contribution in [2.45, 2.75) is 32.1 Å².